The SMILES string of the molecule is Cc1ccc(-c2noc(CCCC(=O)N3CCC(C)(c4noc(-c5ccncc5)n4)CC3)n2)cc1. The van der Waals surface area contributed by atoms with E-state index in [-0.39, 0.29) is 11.3 Å². The topological polar surface area (TPSA) is 111 Å². The quantitative estimate of drug-likeness (QED) is 0.389. The van der Waals surface area contributed by atoms with Crippen LogP contribution in [-0.4, -0.2) is 49.2 Å². The highest BCUT2D eigenvalue weighted by molar-refractivity contribution is 5.76. The van der Waals surface area contributed by atoms with Gasteiger partial charge in [-0.3, -0.25) is 9.78 Å². The maximum atomic E-state index is 12.8. The summed E-state index contributed by atoms with van der Waals surface area (Å²) in [6.07, 6.45) is 6.68. The van der Waals surface area contributed by atoms with Gasteiger partial charge in [-0.1, -0.05) is 47.1 Å². The molecule has 0 atom stereocenters. The molecule has 180 valence electrons. The summed E-state index contributed by atoms with van der Waals surface area (Å²) in [5, 5.41) is 8.30. The maximum absolute atomic E-state index is 12.8. The van der Waals surface area contributed by atoms with Crippen LogP contribution >= 0.6 is 0 Å². The van der Waals surface area contributed by atoms with Crippen molar-refractivity contribution in [3.05, 3.63) is 66.1 Å². The van der Waals surface area contributed by atoms with Crippen LogP contribution < -0.4 is 0 Å². The summed E-state index contributed by atoms with van der Waals surface area (Å²) in [6.45, 7) is 5.52. The molecule has 0 aliphatic carbocycles. The van der Waals surface area contributed by atoms with Crippen LogP contribution in [0.3, 0.4) is 0 Å². The van der Waals surface area contributed by atoms with Crippen molar-refractivity contribution in [3.8, 4) is 22.8 Å². The molecule has 0 radical (unpaired) electrons. The van der Waals surface area contributed by atoms with E-state index in [9.17, 15) is 4.79 Å². The molecule has 1 aromatic carbocycles. The van der Waals surface area contributed by atoms with Gasteiger partial charge in [0.1, 0.15) is 0 Å². The number of carbonyl (C=O) groups excluding carboxylic acids is 1. The van der Waals surface area contributed by atoms with E-state index in [1.165, 1.54) is 5.56 Å². The largest absolute Gasteiger partial charge is 0.343 e. The zero-order valence-electron chi connectivity index (χ0n) is 20.0. The Kier molecular flexibility index (Phi) is 6.39. The van der Waals surface area contributed by atoms with Gasteiger partial charge in [-0.25, -0.2) is 0 Å². The first-order chi connectivity index (χ1) is 17.0. The smallest absolute Gasteiger partial charge is 0.258 e. The van der Waals surface area contributed by atoms with Crippen molar-refractivity contribution in [1.29, 1.82) is 0 Å². The lowest BCUT2D eigenvalue weighted by Gasteiger charge is -2.37. The molecule has 35 heavy (non-hydrogen) atoms. The van der Waals surface area contributed by atoms with E-state index >= 15 is 0 Å². The summed E-state index contributed by atoms with van der Waals surface area (Å²) in [5.74, 6) is 2.47. The number of rotatable bonds is 7. The minimum absolute atomic E-state index is 0.149. The van der Waals surface area contributed by atoms with Crippen molar-refractivity contribution in [3.63, 3.8) is 0 Å². The van der Waals surface area contributed by atoms with Crippen molar-refractivity contribution in [2.45, 2.75) is 51.4 Å². The molecule has 1 amide bonds. The molecule has 5 rings (SSSR count). The number of piperidine rings is 1. The number of hydrogen-bond acceptors (Lipinski definition) is 8. The first-order valence-corrected chi connectivity index (χ1v) is 11.9. The maximum Gasteiger partial charge on any atom is 0.258 e. The molecule has 0 bridgehead atoms. The molecular weight excluding hydrogens is 444 g/mol. The van der Waals surface area contributed by atoms with Crippen molar-refractivity contribution in [1.82, 2.24) is 30.2 Å². The second-order valence-corrected chi connectivity index (χ2v) is 9.33. The van der Waals surface area contributed by atoms with Crippen molar-refractivity contribution in [2.75, 3.05) is 13.1 Å². The molecule has 9 heteroatoms. The van der Waals surface area contributed by atoms with Gasteiger partial charge in [0, 0.05) is 54.9 Å². The molecular formula is C26H28N6O3. The van der Waals surface area contributed by atoms with E-state index in [2.05, 4.69) is 32.2 Å². The number of aromatic nitrogens is 5. The molecule has 0 saturated carbocycles. The van der Waals surface area contributed by atoms with Crippen LogP contribution in [0, 0.1) is 6.92 Å². The van der Waals surface area contributed by atoms with Crippen molar-refractivity contribution >= 4 is 5.91 Å². The predicted molar refractivity (Wildman–Crippen MR) is 128 cm³/mol. The minimum Gasteiger partial charge on any atom is -0.343 e. The average molecular weight is 473 g/mol. The normalized spacial score (nSPS) is 15.3. The zero-order chi connectivity index (χ0) is 24.3. The van der Waals surface area contributed by atoms with Crippen molar-refractivity contribution in [2.24, 2.45) is 0 Å². The lowest BCUT2D eigenvalue weighted by Crippen LogP contribution is -2.44. The summed E-state index contributed by atoms with van der Waals surface area (Å²) < 4.78 is 10.9. The Hall–Kier alpha value is -3.88. The second-order valence-electron chi connectivity index (χ2n) is 9.33. The first-order valence-electron chi connectivity index (χ1n) is 11.9. The average Bonchev–Trinajstić information content (AvgIpc) is 3.56. The fraction of sp³-hybridized carbons (Fsp3) is 0.385. The fourth-order valence-corrected chi connectivity index (χ4v) is 4.28. The highest BCUT2D eigenvalue weighted by Gasteiger charge is 2.37. The van der Waals surface area contributed by atoms with E-state index in [4.69, 9.17) is 9.05 Å². The zero-order valence-corrected chi connectivity index (χ0v) is 20.0. The number of nitrogens with zero attached hydrogens (tertiary/aromatic N) is 6. The Labute approximate surface area is 203 Å². The van der Waals surface area contributed by atoms with E-state index in [0.717, 1.165) is 24.0 Å². The number of amides is 1. The Morgan fingerprint density at radius 1 is 0.971 bits per heavy atom. The van der Waals surface area contributed by atoms with Crippen LogP contribution in [0.5, 0.6) is 0 Å². The Bertz CT molecular complexity index is 1270. The summed E-state index contributed by atoms with van der Waals surface area (Å²) >= 11 is 0. The van der Waals surface area contributed by atoms with E-state index in [0.29, 0.717) is 55.8 Å². The molecule has 0 spiro atoms. The highest BCUT2D eigenvalue weighted by atomic mass is 16.5. The van der Waals surface area contributed by atoms with Crippen LogP contribution in [-0.2, 0) is 16.6 Å². The van der Waals surface area contributed by atoms with Gasteiger partial charge in [0.05, 0.1) is 0 Å². The van der Waals surface area contributed by atoms with E-state index < -0.39 is 0 Å². The summed E-state index contributed by atoms with van der Waals surface area (Å²) in [7, 11) is 0. The van der Waals surface area contributed by atoms with Gasteiger partial charge < -0.3 is 13.9 Å². The van der Waals surface area contributed by atoms with Gasteiger partial charge in [-0.2, -0.15) is 9.97 Å². The summed E-state index contributed by atoms with van der Waals surface area (Å²) in [4.78, 5) is 27.8. The second kappa shape index (κ2) is 9.77. The predicted octanol–water partition coefficient (Wildman–Crippen LogP) is 4.39. The minimum atomic E-state index is -0.221. The van der Waals surface area contributed by atoms with Gasteiger partial charge in [0.25, 0.3) is 5.89 Å². The number of hydrogen-bond donors (Lipinski definition) is 0. The molecule has 3 aromatic heterocycles. The number of likely N-dealkylation sites (tertiary alicyclic amines) is 1. The Balaban J connectivity index is 1.10. The van der Waals surface area contributed by atoms with E-state index in [1.54, 1.807) is 12.4 Å². The molecule has 1 aliphatic heterocycles. The highest BCUT2D eigenvalue weighted by Crippen LogP contribution is 2.34. The Morgan fingerprint density at radius 2 is 1.71 bits per heavy atom. The molecule has 4 aromatic rings. The monoisotopic (exact) mass is 472 g/mol. The number of benzene rings is 1. The first kappa shape index (κ1) is 22.9. The summed E-state index contributed by atoms with van der Waals surface area (Å²) in [6, 6.07) is 11.7. The third-order valence-corrected chi connectivity index (χ3v) is 6.67. The summed E-state index contributed by atoms with van der Waals surface area (Å²) in [5.41, 5.74) is 2.73. The Morgan fingerprint density at radius 3 is 2.46 bits per heavy atom. The van der Waals surface area contributed by atoms with Crippen LogP contribution in [0.15, 0.2) is 57.8 Å². The number of pyridine rings is 1. The standard InChI is InChI=1S/C26H28N6O3/c1-18-6-8-19(9-7-18)23-28-21(34-30-23)4-3-5-22(33)32-16-12-26(2,13-17-32)25-29-24(35-31-25)20-10-14-27-15-11-20/h6-11,14-15H,3-5,12-13,16-17H2,1-2H3. The fourth-order valence-electron chi connectivity index (χ4n) is 4.28. The van der Waals surface area contributed by atoms with Gasteiger partial charge >= 0.3 is 0 Å². The lowest BCUT2D eigenvalue weighted by atomic mass is 9.79. The van der Waals surface area contributed by atoms with Gasteiger partial charge in [0.2, 0.25) is 17.6 Å². The third kappa shape index (κ3) is 5.13. The van der Waals surface area contributed by atoms with Gasteiger partial charge in [0.15, 0.2) is 5.82 Å². The van der Waals surface area contributed by atoms with Gasteiger partial charge in [-0.05, 0) is 38.3 Å². The number of carbonyl (C=O) groups is 1. The van der Waals surface area contributed by atoms with Gasteiger partial charge in [-0.15, -0.1) is 0 Å². The molecule has 9 nitrogen and oxygen atoms in total. The molecule has 0 unspecified atom stereocenters. The molecule has 1 aliphatic rings. The van der Waals surface area contributed by atoms with Crippen molar-refractivity contribution < 1.29 is 13.8 Å². The molecule has 4 heterocycles. The van der Waals surface area contributed by atoms with Crippen LogP contribution in [0.1, 0.15) is 49.9 Å². The third-order valence-electron chi connectivity index (χ3n) is 6.67. The lowest BCUT2D eigenvalue weighted by molar-refractivity contribution is -0.132. The van der Waals surface area contributed by atoms with Crippen LogP contribution in [0.2, 0.25) is 0 Å². The molecule has 1 saturated heterocycles. The van der Waals surface area contributed by atoms with E-state index in [1.807, 2.05) is 48.2 Å². The molecule has 1 fully saturated rings. The van der Waals surface area contributed by atoms with Crippen LogP contribution in [0.4, 0.5) is 0 Å². The molecule has 0 N–H and O–H groups in total. The van der Waals surface area contributed by atoms with Crippen LogP contribution in [0.25, 0.3) is 22.8 Å². The number of aryl methyl sites for hydroxylation is 2.